The van der Waals surface area contributed by atoms with Crippen molar-refractivity contribution in [3.63, 3.8) is 0 Å². The van der Waals surface area contributed by atoms with Crippen LogP contribution in [0.3, 0.4) is 0 Å². The first-order valence-corrected chi connectivity index (χ1v) is 9.71. The van der Waals surface area contributed by atoms with Crippen molar-refractivity contribution in [2.24, 2.45) is 0 Å². The normalized spacial score (nSPS) is 17.6. The van der Waals surface area contributed by atoms with Gasteiger partial charge < -0.3 is 20.0 Å². The van der Waals surface area contributed by atoms with E-state index < -0.39 is 0 Å². The average molecular weight is 372 g/mol. The number of carbonyl (C=O) groups is 3. The molecule has 146 valence electrons. The lowest BCUT2D eigenvalue weighted by Crippen LogP contribution is -2.54. The third-order valence-corrected chi connectivity index (χ3v) is 5.21. The van der Waals surface area contributed by atoms with Crippen LogP contribution >= 0.6 is 0 Å². The minimum atomic E-state index is -0.0767. The molecule has 0 bridgehead atoms. The lowest BCUT2D eigenvalue weighted by Gasteiger charge is -2.38. The predicted octanol–water partition coefficient (Wildman–Crippen LogP) is 1.69. The molecule has 0 aromatic heterocycles. The average Bonchev–Trinajstić information content (AvgIpc) is 2.72. The molecule has 0 spiro atoms. The fourth-order valence-electron chi connectivity index (χ4n) is 3.56. The van der Waals surface area contributed by atoms with Crippen molar-refractivity contribution < 1.29 is 14.4 Å². The highest BCUT2D eigenvalue weighted by Gasteiger charge is 2.28. The van der Waals surface area contributed by atoms with Crippen LogP contribution in [-0.2, 0) is 11.3 Å². The summed E-state index contributed by atoms with van der Waals surface area (Å²) >= 11 is 0. The number of nitrogens with one attached hydrogen (secondary N) is 1. The molecule has 4 amide bonds. The Labute approximate surface area is 160 Å². The Kier molecular flexibility index (Phi) is 6.32. The summed E-state index contributed by atoms with van der Waals surface area (Å²) in [5.41, 5.74) is 1.59. The van der Waals surface area contributed by atoms with Gasteiger partial charge in [0.05, 0.1) is 0 Å². The first-order chi connectivity index (χ1) is 13.0. The van der Waals surface area contributed by atoms with Crippen molar-refractivity contribution in [1.29, 1.82) is 0 Å². The minimum absolute atomic E-state index is 0.00820. The number of benzene rings is 1. The highest BCUT2D eigenvalue weighted by Crippen LogP contribution is 2.15. The predicted molar refractivity (Wildman–Crippen MR) is 102 cm³/mol. The van der Waals surface area contributed by atoms with E-state index >= 15 is 0 Å². The van der Waals surface area contributed by atoms with Gasteiger partial charge in [0.25, 0.3) is 5.91 Å². The van der Waals surface area contributed by atoms with E-state index in [1.165, 1.54) is 13.3 Å². The molecule has 7 nitrogen and oxygen atoms in total. The third-order valence-electron chi connectivity index (χ3n) is 5.21. The summed E-state index contributed by atoms with van der Waals surface area (Å²) in [4.78, 5) is 41.8. The van der Waals surface area contributed by atoms with Gasteiger partial charge in [0.1, 0.15) is 0 Å². The van der Waals surface area contributed by atoms with Crippen LogP contribution in [0, 0.1) is 0 Å². The number of rotatable bonds is 3. The molecule has 27 heavy (non-hydrogen) atoms. The van der Waals surface area contributed by atoms with Crippen LogP contribution in [0.4, 0.5) is 4.79 Å². The van der Waals surface area contributed by atoms with Gasteiger partial charge in [0, 0.05) is 58.3 Å². The largest absolute Gasteiger partial charge is 0.352 e. The SMILES string of the molecule is CC(=O)NCc1ccc(C(=O)N2CCN(C(=O)N3CCCCC3)CC2)cc1. The summed E-state index contributed by atoms with van der Waals surface area (Å²) in [6.45, 7) is 5.93. The summed E-state index contributed by atoms with van der Waals surface area (Å²) < 4.78 is 0. The number of nitrogens with zero attached hydrogens (tertiary/aromatic N) is 3. The number of carbonyl (C=O) groups excluding carboxylic acids is 3. The Morgan fingerprint density at radius 1 is 0.815 bits per heavy atom. The second kappa shape index (κ2) is 8.88. The Morgan fingerprint density at radius 3 is 1.96 bits per heavy atom. The molecule has 0 radical (unpaired) electrons. The van der Waals surface area contributed by atoms with Gasteiger partial charge in [-0.2, -0.15) is 0 Å². The number of hydrogen-bond acceptors (Lipinski definition) is 3. The Balaban J connectivity index is 1.50. The second-order valence-corrected chi connectivity index (χ2v) is 7.22. The quantitative estimate of drug-likeness (QED) is 0.877. The summed E-state index contributed by atoms with van der Waals surface area (Å²) in [6, 6.07) is 7.43. The molecular weight excluding hydrogens is 344 g/mol. The topological polar surface area (TPSA) is 73.0 Å². The molecule has 2 saturated heterocycles. The minimum Gasteiger partial charge on any atom is -0.352 e. The van der Waals surface area contributed by atoms with Crippen LogP contribution < -0.4 is 5.32 Å². The smallest absolute Gasteiger partial charge is 0.320 e. The Hall–Kier alpha value is -2.57. The summed E-state index contributed by atoms with van der Waals surface area (Å²) in [5.74, 6) is -0.0849. The van der Waals surface area contributed by atoms with Crippen LogP contribution in [-0.4, -0.2) is 71.8 Å². The number of piperidine rings is 1. The van der Waals surface area contributed by atoms with E-state index in [1.54, 1.807) is 12.1 Å². The maximum Gasteiger partial charge on any atom is 0.320 e. The number of amides is 4. The maximum atomic E-state index is 12.7. The lowest BCUT2D eigenvalue weighted by molar-refractivity contribution is -0.119. The van der Waals surface area contributed by atoms with Gasteiger partial charge in [0.2, 0.25) is 5.91 Å². The van der Waals surface area contributed by atoms with E-state index in [0.717, 1.165) is 31.5 Å². The highest BCUT2D eigenvalue weighted by atomic mass is 16.2. The molecule has 2 fully saturated rings. The maximum absolute atomic E-state index is 12.7. The summed E-state index contributed by atoms with van der Waals surface area (Å²) in [6.07, 6.45) is 3.37. The van der Waals surface area contributed by atoms with Crippen molar-refractivity contribution >= 4 is 17.8 Å². The second-order valence-electron chi connectivity index (χ2n) is 7.22. The van der Waals surface area contributed by atoms with Crippen LogP contribution in [0.25, 0.3) is 0 Å². The fraction of sp³-hybridized carbons (Fsp3) is 0.550. The van der Waals surface area contributed by atoms with E-state index in [4.69, 9.17) is 0 Å². The standard InChI is InChI=1S/C20H28N4O3/c1-16(25)21-15-17-5-7-18(8-6-17)19(26)22-11-13-24(14-12-22)20(27)23-9-3-2-4-10-23/h5-8H,2-4,9-15H2,1H3,(H,21,25). The van der Waals surface area contributed by atoms with E-state index in [0.29, 0.717) is 38.3 Å². The molecule has 0 unspecified atom stereocenters. The summed E-state index contributed by atoms with van der Waals surface area (Å²) in [7, 11) is 0. The Bertz CT molecular complexity index is 675. The molecule has 1 N–H and O–H groups in total. The fourth-order valence-corrected chi connectivity index (χ4v) is 3.56. The Morgan fingerprint density at radius 2 is 1.37 bits per heavy atom. The van der Waals surface area contributed by atoms with Crippen molar-refractivity contribution in [2.45, 2.75) is 32.7 Å². The van der Waals surface area contributed by atoms with Crippen LogP contribution in [0.2, 0.25) is 0 Å². The molecule has 7 heteroatoms. The number of likely N-dealkylation sites (tertiary alicyclic amines) is 1. The van der Waals surface area contributed by atoms with Crippen molar-refractivity contribution in [2.75, 3.05) is 39.3 Å². The van der Waals surface area contributed by atoms with E-state index in [9.17, 15) is 14.4 Å². The zero-order valence-electron chi connectivity index (χ0n) is 15.9. The van der Waals surface area contributed by atoms with Gasteiger partial charge in [-0.25, -0.2) is 4.79 Å². The number of piperazine rings is 1. The van der Waals surface area contributed by atoms with Crippen LogP contribution in [0.5, 0.6) is 0 Å². The van der Waals surface area contributed by atoms with Gasteiger partial charge >= 0.3 is 6.03 Å². The molecule has 2 aliphatic heterocycles. The van der Waals surface area contributed by atoms with Gasteiger partial charge in [-0.15, -0.1) is 0 Å². The first kappa shape index (κ1) is 19.2. The van der Waals surface area contributed by atoms with E-state index in [2.05, 4.69) is 5.32 Å². The van der Waals surface area contributed by atoms with Crippen molar-refractivity contribution in [3.05, 3.63) is 35.4 Å². The first-order valence-electron chi connectivity index (χ1n) is 9.71. The van der Waals surface area contributed by atoms with Crippen LogP contribution in [0.1, 0.15) is 42.1 Å². The van der Waals surface area contributed by atoms with Crippen LogP contribution in [0.15, 0.2) is 24.3 Å². The highest BCUT2D eigenvalue weighted by molar-refractivity contribution is 5.94. The van der Waals surface area contributed by atoms with Gasteiger partial charge in [-0.1, -0.05) is 12.1 Å². The molecule has 2 aliphatic rings. The number of urea groups is 1. The number of hydrogen-bond donors (Lipinski definition) is 1. The zero-order valence-corrected chi connectivity index (χ0v) is 15.9. The van der Waals surface area contributed by atoms with Crippen molar-refractivity contribution in [1.82, 2.24) is 20.0 Å². The van der Waals surface area contributed by atoms with Gasteiger partial charge in [-0.05, 0) is 37.0 Å². The molecule has 1 aromatic carbocycles. The molecule has 0 aliphatic carbocycles. The third kappa shape index (κ3) is 4.99. The molecule has 0 saturated carbocycles. The molecular formula is C20H28N4O3. The van der Waals surface area contributed by atoms with E-state index in [-0.39, 0.29) is 17.8 Å². The van der Waals surface area contributed by atoms with Crippen molar-refractivity contribution in [3.8, 4) is 0 Å². The monoisotopic (exact) mass is 372 g/mol. The van der Waals surface area contributed by atoms with Gasteiger partial charge in [0.15, 0.2) is 0 Å². The lowest BCUT2D eigenvalue weighted by atomic mass is 10.1. The molecule has 3 rings (SSSR count). The molecule has 0 atom stereocenters. The molecule has 1 aromatic rings. The molecule has 2 heterocycles. The van der Waals surface area contributed by atoms with Gasteiger partial charge in [-0.3, -0.25) is 9.59 Å². The van der Waals surface area contributed by atoms with E-state index in [1.807, 2.05) is 26.8 Å². The zero-order chi connectivity index (χ0) is 19.2. The summed E-state index contributed by atoms with van der Waals surface area (Å²) in [5, 5.41) is 2.74.